The molecule has 0 aliphatic heterocycles. The van der Waals surface area contributed by atoms with Crippen molar-refractivity contribution in [2.24, 2.45) is 29.6 Å². The molecule has 0 radical (unpaired) electrons. The second-order valence-corrected chi connectivity index (χ2v) is 8.25. The zero-order valence-electron chi connectivity index (χ0n) is 14.6. The van der Waals surface area contributed by atoms with Crippen LogP contribution in [0, 0.1) is 29.6 Å². The second-order valence-electron chi connectivity index (χ2n) is 8.25. The van der Waals surface area contributed by atoms with Crippen molar-refractivity contribution in [3.05, 3.63) is 0 Å². The third-order valence-corrected chi connectivity index (χ3v) is 6.30. The lowest BCUT2D eigenvalue weighted by Crippen LogP contribution is -2.63. The Bertz CT molecular complexity index is 447. The highest BCUT2D eigenvalue weighted by Crippen LogP contribution is 2.59. The molecule has 0 aromatic heterocycles. The maximum absolute atomic E-state index is 12.1. The van der Waals surface area contributed by atoms with Crippen molar-refractivity contribution in [1.82, 2.24) is 10.6 Å². The van der Waals surface area contributed by atoms with Gasteiger partial charge in [0.25, 0.3) is 0 Å². The Labute approximate surface area is 138 Å². The summed E-state index contributed by atoms with van der Waals surface area (Å²) in [5.41, 5.74) is -0.262. The SMILES string of the molecule is COC1(CNC(=O)C(=O)NCC(C)C)C2CC3CC(C2)CC1C3. The minimum atomic E-state index is -0.534. The first-order chi connectivity index (χ1) is 10.9. The van der Waals surface area contributed by atoms with Gasteiger partial charge in [-0.1, -0.05) is 13.8 Å². The Morgan fingerprint density at radius 2 is 1.52 bits per heavy atom. The van der Waals surface area contributed by atoms with Crippen LogP contribution in [-0.4, -0.2) is 37.6 Å². The fourth-order valence-electron chi connectivity index (χ4n) is 5.35. The van der Waals surface area contributed by atoms with Gasteiger partial charge in [0, 0.05) is 20.2 Å². The van der Waals surface area contributed by atoms with E-state index in [4.69, 9.17) is 4.74 Å². The van der Waals surface area contributed by atoms with Gasteiger partial charge in [-0.05, 0) is 61.7 Å². The fourth-order valence-corrected chi connectivity index (χ4v) is 5.35. The molecule has 2 N–H and O–H groups in total. The van der Waals surface area contributed by atoms with Crippen LogP contribution >= 0.6 is 0 Å². The van der Waals surface area contributed by atoms with Gasteiger partial charge in [0.2, 0.25) is 0 Å². The number of carbonyl (C=O) groups excluding carboxylic acids is 2. The number of ether oxygens (including phenoxy) is 1. The summed E-state index contributed by atoms with van der Waals surface area (Å²) in [5, 5.41) is 5.52. The molecule has 0 spiro atoms. The van der Waals surface area contributed by atoms with E-state index >= 15 is 0 Å². The van der Waals surface area contributed by atoms with Crippen molar-refractivity contribution >= 4 is 11.8 Å². The number of hydrogen-bond acceptors (Lipinski definition) is 3. The summed E-state index contributed by atoms with van der Waals surface area (Å²) in [4.78, 5) is 23.9. The topological polar surface area (TPSA) is 67.4 Å². The zero-order valence-corrected chi connectivity index (χ0v) is 14.6. The van der Waals surface area contributed by atoms with Crippen molar-refractivity contribution < 1.29 is 14.3 Å². The van der Waals surface area contributed by atoms with Crippen LogP contribution in [0.4, 0.5) is 0 Å². The van der Waals surface area contributed by atoms with Crippen molar-refractivity contribution in [2.45, 2.75) is 51.6 Å². The van der Waals surface area contributed by atoms with E-state index in [1.807, 2.05) is 13.8 Å². The van der Waals surface area contributed by atoms with Crippen LogP contribution in [0.3, 0.4) is 0 Å². The lowest BCUT2D eigenvalue weighted by Gasteiger charge is -2.60. The van der Waals surface area contributed by atoms with Crippen LogP contribution in [0.15, 0.2) is 0 Å². The molecule has 23 heavy (non-hydrogen) atoms. The molecule has 4 aliphatic carbocycles. The van der Waals surface area contributed by atoms with Gasteiger partial charge in [-0.15, -0.1) is 0 Å². The smallest absolute Gasteiger partial charge is 0.309 e. The highest BCUT2D eigenvalue weighted by molar-refractivity contribution is 6.35. The summed E-state index contributed by atoms with van der Waals surface area (Å²) in [7, 11) is 1.77. The molecular weight excluding hydrogens is 292 g/mol. The van der Waals surface area contributed by atoms with Gasteiger partial charge in [0.15, 0.2) is 0 Å². The molecule has 0 heterocycles. The van der Waals surface area contributed by atoms with E-state index in [2.05, 4.69) is 10.6 Å². The summed E-state index contributed by atoms with van der Waals surface area (Å²) >= 11 is 0. The maximum atomic E-state index is 12.1. The monoisotopic (exact) mass is 322 g/mol. The number of rotatable bonds is 5. The summed E-state index contributed by atoms with van der Waals surface area (Å²) in [6.07, 6.45) is 6.26. The minimum Gasteiger partial charge on any atom is -0.376 e. The fraction of sp³-hybridized carbons (Fsp3) is 0.889. The van der Waals surface area contributed by atoms with Gasteiger partial charge in [-0.3, -0.25) is 9.59 Å². The largest absolute Gasteiger partial charge is 0.376 e. The number of carbonyl (C=O) groups is 2. The Balaban J connectivity index is 1.59. The number of hydrogen-bond donors (Lipinski definition) is 2. The molecule has 4 saturated carbocycles. The molecule has 0 aromatic carbocycles. The summed E-state index contributed by atoms with van der Waals surface area (Å²) < 4.78 is 6.00. The third kappa shape index (κ3) is 3.12. The van der Waals surface area contributed by atoms with Gasteiger partial charge in [0.05, 0.1) is 5.60 Å². The quantitative estimate of drug-likeness (QED) is 0.757. The van der Waals surface area contributed by atoms with Crippen molar-refractivity contribution in [3.8, 4) is 0 Å². The molecule has 4 bridgehead atoms. The van der Waals surface area contributed by atoms with E-state index in [-0.39, 0.29) is 5.60 Å². The lowest BCUT2D eigenvalue weighted by atomic mass is 9.49. The molecule has 2 amide bonds. The molecule has 4 fully saturated rings. The van der Waals surface area contributed by atoms with Crippen LogP contribution in [-0.2, 0) is 14.3 Å². The number of amides is 2. The van der Waals surface area contributed by atoms with E-state index in [1.165, 1.54) is 32.1 Å². The summed E-state index contributed by atoms with van der Waals surface area (Å²) in [6, 6.07) is 0. The zero-order chi connectivity index (χ0) is 16.6. The lowest BCUT2D eigenvalue weighted by molar-refractivity contribution is -0.188. The highest BCUT2D eigenvalue weighted by atomic mass is 16.5. The van der Waals surface area contributed by atoms with Crippen molar-refractivity contribution in [2.75, 3.05) is 20.2 Å². The van der Waals surface area contributed by atoms with E-state index in [9.17, 15) is 9.59 Å². The van der Waals surface area contributed by atoms with Crippen molar-refractivity contribution in [3.63, 3.8) is 0 Å². The number of nitrogens with one attached hydrogen (secondary N) is 2. The van der Waals surface area contributed by atoms with Gasteiger partial charge >= 0.3 is 11.8 Å². The van der Waals surface area contributed by atoms with E-state index < -0.39 is 11.8 Å². The van der Waals surface area contributed by atoms with Crippen LogP contribution in [0.25, 0.3) is 0 Å². The molecule has 0 unspecified atom stereocenters. The number of methoxy groups -OCH3 is 1. The average molecular weight is 322 g/mol. The standard InChI is InChI=1S/C18H30N2O3/c1-11(2)9-19-16(21)17(22)20-10-18(23-3)14-5-12-4-13(7-14)8-15(18)6-12/h11-15H,4-10H2,1-3H3,(H,19,21)(H,20,22). The average Bonchev–Trinajstić information content (AvgIpc) is 2.51. The Kier molecular flexibility index (Phi) is 4.68. The molecular formula is C18H30N2O3. The van der Waals surface area contributed by atoms with Crippen molar-refractivity contribution in [1.29, 1.82) is 0 Å². The first kappa shape index (κ1) is 16.7. The van der Waals surface area contributed by atoms with Gasteiger partial charge < -0.3 is 15.4 Å². The van der Waals surface area contributed by atoms with Gasteiger partial charge in [-0.2, -0.15) is 0 Å². The Hall–Kier alpha value is -1.10. The molecule has 0 atom stereocenters. The highest BCUT2D eigenvalue weighted by Gasteiger charge is 2.57. The molecule has 5 nitrogen and oxygen atoms in total. The Morgan fingerprint density at radius 1 is 1.00 bits per heavy atom. The van der Waals surface area contributed by atoms with Crippen LogP contribution in [0.5, 0.6) is 0 Å². The predicted octanol–water partition coefficient (Wildman–Crippen LogP) is 1.72. The van der Waals surface area contributed by atoms with Crippen LogP contribution < -0.4 is 10.6 Å². The minimum absolute atomic E-state index is 0.262. The molecule has 5 heteroatoms. The molecule has 0 saturated heterocycles. The third-order valence-electron chi connectivity index (χ3n) is 6.30. The van der Waals surface area contributed by atoms with E-state index in [0.29, 0.717) is 30.8 Å². The van der Waals surface area contributed by atoms with Crippen LogP contribution in [0.2, 0.25) is 0 Å². The molecule has 4 aliphatic rings. The Morgan fingerprint density at radius 3 is 2.00 bits per heavy atom. The second kappa shape index (κ2) is 6.42. The maximum Gasteiger partial charge on any atom is 0.309 e. The van der Waals surface area contributed by atoms with E-state index in [1.54, 1.807) is 7.11 Å². The summed E-state index contributed by atoms with van der Waals surface area (Å²) in [6.45, 7) is 5.00. The van der Waals surface area contributed by atoms with E-state index in [0.717, 1.165) is 11.8 Å². The predicted molar refractivity (Wildman–Crippen MR) is 87.6 cm³/mol. The summed E-state index contributed by atoms with van der Waals surface area (Å²) in [5.74, 6) is 2.04. The first-order valence-electron chi connectivity index (χ1n) is 9.05. The molecule has 0 aromatic rings. The normalized spacial score (nSPS) is 37.9. The van der Waals surface area contributed by atoms with Crippen LogP contribution in [0.1, 0.15) is 46.0 Å². The van der Waals surface area contributed by atoms with Gasteiger partial charge in [-0.25, -0.2) is 0 Å². The molecule has 4 rings (SSSR count). The first-order valence-corrected chi connectivity index (χ1v) is 9.05. The molecule has 130 valence electrons. The van der Waals surface area contributed by atoms with Gasteiger partial charge in [0.1, 0.15) is 0 Å².